The summed E-state index contributed by atoms with van der Waals surface area (Å²) in [6.45, 7) is 2.29. The molecule has 3 rings (SSSR count). The third kappa shape index (κ3) is 4.60. The minimum atomic E-state index is -0.169. The fourth-order valence-electron chi connectivity index (χ4n) is 3.36. The Balaban J connectivity index is 1.67. The maximum absolute atomic E-state index is 12.4. The van der Waals surface area contributed by atoms with Crippen LogP contribution in [-0.2, 0) is 11.2 Å². The Bertz CT molecular complexity index is 808. The summed E-state index contributed by atoms with van der Waals surface area (Å²) < 4.78 is 1.32. The first kappa shape index (κ1) is 18.8. The molecule has 1 amide bonds. The monoisotopic (exact) mass is 377 g/mol. The predicted octanol–water partition coefficient (Wildman–Crippen LogP) is 2.38. The third-order valence-corrected chi connectivity index (χ3v) is 5.74. The van der Waals surface area contributed by atoms with Crippen molar-refractivity contribution < 1.29 is 4.79 Å². The van der Waals surface area contributed by atoms with Crippen molar-refractivity contribution in [2.75, 3.05) is 18.5 Å². The van der Waals surface area contributed by atoms with Crippen molar-refractivity contribution in [3.05, 3.63) is 22.1 Å². The molecule has 0 radical (unpaired) electrons. The van der Waals surface area contributed by atoms with Gasteiger partial charge in [0.2, 0.25) is 16.0 Å². The molecule has 0 unspecified atom stereocenters. The van der Waals surface area contributed by atoms with Gasteiger partial charge in [-0.3, -0.25) is 9.59 Å². The first-order valence-corrected chi connectivity index (χ1v) is 10.3. The zero-order valence-electron chi connectivity index (χ0n) is 15.5. The van der Waals surface area contributed by atoms with Crippen LogP contribution in [0.1, 0.15) is 57.6 Å². The molecule has 1 aliphatic carbocycles. The Kier molecular flexibility index (Phi) is 6.24. The van der Waals surface area contributed by atoms with Crippen LogP contribution in [0, 0.1) is 0 Å². The molecule has 2 aromatic rings. The molecule has 2 aromatic heterocycles. The van der Waals surface area contributed by atoms with E-state index in [4.69, 9.17) is 0 Å². The Morgan fingerprint density at radius 3 is 2.77 bits per heavy atom. The van der Waals surface area contributed by atoms with E-state index >= 15 is 0 Å². The number of fused-ring (bicyclic) bond motifs is 1. The van der Waals surface area contributed by atoms with E-state index in [1.807, 2.05) is 7.05 Å². The van der Waals surface area contributed by atoms with Crippen LogP contribution in [0.4, 0.5) is 5.13 Å². The van der Waals surface area contributed by atoms with Crippen molar-refractivity contribution >= 4 is 27.3 Å². The highest BCUT2D eigenvalue weighted by Gasteiger charge is 2.18. The van der Waals surface area contributed by atoms with Crippen LogP contribution >= 0.6 is 11.3 Å². The summed E-state index contributed by atoms with van der Waals surface area (Å²) in [5.41, 5.74) is 0.624. The van der Waals surface area contributed by atoms with Gasteiger partial charge in [0.05, 0.1) is 6.54 Å². The maximum Gasteiger partial charge on any atom is 0.275 e. The van der Waals surface area contributed by atoms with Crippen molar-refractivity contribution in [1.82, 2.24) is 19.9 Å². The van der Waals surface area contributed by atoms with Crippen LogP contribution in [-0.4, -0.2) is 40.1 Å². The van der Waals surface area contributed by atoms with Crippen LogP contribution in [0.3, 0.4) is 0 Å². The number of likely N-dealkylation sites (N-methyl/N-ethyl adjacent to an activating group) is 1. The summed E-state index contributed by atoms with van der Waals surface area (Å²) in [6, 6.07) is 1.83. The Hall–Kier alpha value is -1.96. The molecule has 0 spiro atoms. The van der Waals surface area contributed by atoms with E-state index in [0.717, 1.165) is 31.4 Å². The van der Waals surface area contributed by atoms with E-state index in [9.17, 15) is 9.59 Å². The lowest BCUT2D eigenvalue weighted by molar-refractivity contribution is -0.120. The fourth-order valence-corrected chi connectivity index (χ4v) is 4.25. The van der Waals surface area contributed by atoms with Gasteiger partial charge in [0.15, 0.2) is 0 Å². The minimum Gasteiger partial charge on any atom is -0.352 e. The van der Waals surface area contributed by atoms with Gasteiger partial charge in [-0.15, -0.1) is 5.10 Å². The first-order valence-electron chi connectivity index (χ1n) is 9.47. The molecule has 0 aromatic carbocycles. The number of aromatic nitrogens is 3. The average Bonchev–Trinajstić information content (AvgIpc) is 2.87. The number of carbonyl (C=O) groups is 1. The predicted molar refractivity (Wildman–Crippen MR) is 104 cm³/mol. The number of nitrogens with zero attached hydrogens (tertiary/aromatic N) is 4. The fraction of sp³-hybridized carbons (Fsp3) is 0.667. The Labute approximate surface area is 157 Å². The van der Waals surface area contributed by atoms with Crippen LogP contribution in [0.5, 0.6) is 0 Å². The largest absolute Gasteiger partial charge is 0.352 e. The van der Waals surface area contributed by atoms with Gasteiger partial charge in [0.25, 0.3) is 5.56 Å². The topological polar surface area (TPSA) is 79.6 Å². The summed E-state index contributed by atoms with van der Waals surface area (Å²) in [5, 5.41) is 8.10. The second kappa shape index (κ2) is 8.62. The lowest BCUT2D eigenvalue weighted by Crippen LogP contribution is -2.41. The maximum atomic E-state index is 12.4. The lowest BCUT2D eigenvalue weighted by Gasteiger charge is -2.19. The lowest BCUT2D eigenvalue weighted by atomic mass is 10.1. The van der Waals surface area contributed by atoms with Gasteiger partial charge in [-0.05, 0) is 19.3 Å². The molecular weight excluding hydrogens is 350 g/mol. The van der Waals surface area contributed by atoms with E-state index in [-0.39, 0.29) is 24.1 Å². The standard InChI is InChI=1S/C18H27N5O2S/c1-3-8-14-11-16(25)23-17(20-14)26-18(21-23)22(2)12-15(24)19-13-9-6-4-5-7-10-13/h11,13H,3-10,12H2,1-2H3,(H,19,24). The van der Waals surface area contributed by atoms with Gasteiger partial charge < -0.3 is 10.2 Å². The van der Waals surface area contributed by atoms with Crippen molar-refractivity contribution in [3.8, 4) is 0 Å². The summed E-state index contributed by atoms with van der Waals surface area (Å²) in [7, 11) is 1.82. The number of hydrogen-bond donors (Lipinski definition) is 1. The number of hydrogen-bond acceptors (Lipinski definition) is 6. The molecule has 1 fully saturated rings. The summed E-state index contributed by atoms with van der Waals surface area (Å²) >= 11 is 1.34. The SMILES string of the molecule is CCCc1cc(=O)n2nc(N(C)CC(=O)NC3CCCCCC3)sc2n1. The number of carbonyl (C=O) groups excluding carboxylic acids is 1. The molecule has 0 atom stereocenters. The van der Waals surface area contributed by atoms with Gasteiger partial charge >= 0.3 is 0 Å². The molecule has 2 heterocycles. The van der Waals surface area contributed by atoms with E-state index in [2.05, 4.69) is 22.3 Å². The summed E-state index contributed by atoms with van der Waals surface area (Å²) in [6.07, 6.45) is 8.75. The molecule has 142 valence electrons. The van der Waals surface area contributed by atoms with Crippen molar-refractivity contribution in [1.29, 1.82) is 0 Å². The molecule has 8 heteroatoms. The summed E-state index contributed by atoms with van der Waals surface area (Å²) in [4.78, 5) is 31.4. The van der Waals surface area contributed by atoms with Gasteiger partial charge in [-0.2, -0.15) is 4.52 Å². The number of anilines is 1. The van der Waals surface area contributed by atoms with Gasteiger partial charge in [0.1, 0.15) is 0 Å². The molecule has 26 heavy (non-hydrogen) atoms. The minimum absolute atomic E-state index is 0.00522. The van der Waals surface area contributed by atoms with Gasteiger partial charge in [0, 0.05) is 24.8 Å². The number of nitrogens with one attached hydrogen (secondary N) is 1. The second-order valence-electron chi connectivity index (χ2n) is 7.03. The van der Waals surface area contributed by atoms with E-state index in [1.165, 1.54) is 41.5 Å². The molecule has 1 N–H and O–H groups in total. The highest BCUT2D eigenvalue weighted by molar-refractivity contribution is 7.20. The van der Waals surface area contributed by atoms with Crippen LogP contribution < -0.4 is 15.8 Å². The highest BCUT2D eigenvalue weighted by Crippen LogP contribution is 2.21. The van der Waals surface area contributed by atoms with Crippen LogP contribution in [0.25, 0.3) is 4.96 Å². The van der Waals surface area contributed by atoms with Crippen molar-refractivity contribution in [3.63, 3.8) is 0 Å². The van der Waals surface area contributed by atoms with E-state index in [1.54, 1.807) is 11.0 Å². The zero-order valence-corrected chi connectivity index (χ0v) is 16.3. The highest BCUT2D eigenvalue weighted by atomic mass is 32.1. The molecular formula is C18H27N5O2S. The number of aryl methyl sites for hydroxylation is 1. The van der Waals surface area contributed by atoms with Crippen LogP contribution in [0.2, 0.25) is 0 Å². The van der Waals surface area contributed by atoms with Gasteiger partial charge in [-0.25, -0.2) is 4.98 Å². The summed E-state index contributed by atoms with van der Waals surface area (Å²) in [5.74, 6) is 0.00522. The Morgan fingerprint density at radius 1 is 1.35 bits per heavy atom. The molecule has 7 nitrogen and oxygen atoms in total. The third-order valence-electron chi connectivity index (χ3n) is 4.72. The molecule has 0 aliphatic heterocycles. The van der Waals surface area contributed by atoms with E-state index in [0.29, 0.717) is 10.1 Å². The quantitative estimate of drug-likeness (QED) is 0.782. The number of amides is 1. The first-order chi connectivity index (χ1) is 12.6. The Morgan fingerprint density at radius 2 is 2.08 bits per heavy atom. The zero-order chi connectivity index (χ0) is 18.5. The molecule has 0 bridgehead atoms. The smallest absolute Gasteiger partial charge is 0.275 e. The van der Waals surface area contributed by atoms with Crippen LogP contribution in [0.15, 0.2) is 10.9 Å². The van der Waals surface area contributed by atoms with Crippen molar-refractivity contribution in [2.45, 2.75) is 64.3 Å². The normalized spacial score (nSPS) is 15.8. The second-order valence-corrected chi connectivity index (χ2v) is 7.96. The number of rotatable bonds is 6. The van der Waals surface area contributed by atoms with E-state index < -0.39 is 0 Å². The molecule has 1 saturated carbocycles. The van der Waals surface area contributed by atoms with Gasteiger partial charge in [-0.1, -0.05) is 50.4 Å². The molecule has 1 aliphatic rings. The van der Waals surface area contributed by atoms with Crippen molar-refractivity contribution in [2.24, 2.45) is 0 Å². The average molecular weight is 378 g/mol. The molecule has 0 saturated heterocycles.